The molecule has 0 unspecified atom stereocenters. The van der Waals surface area contributed by atoms with E-state index in [1.54, 1.807) is 18.2 Å². The summed E-state index contributed by atoms with van der Waals surface area (Å²) in [4.78, 5) is 29.0. The van der Waals surface area contributed by atoms with Crippen molar-refractivity contribution in [1.82, 2.24) is 9.38 Å². The Kier molecular flexibility index (Phi) is 3.69. The number of carbonyl (C=O) groups excluding carboxylic acids is 2. The number of rotatable bonds is 3. The van der Waals surface area contributed by atoms with E-state index in [9.17, 15) is 9.59 Å². The molecule has 0 atom stereocenters. The molecular formula is C14H18N2O3S. The number of fused-ring (bicyclic) bond motifs is 1. The average Bonchev–Trinajstić information content (AvgIpc) is 2.86. The Morgan fingerprint density at radius 2 is 2.10 bits per heavy atom. The van der Waals surface area contributed by atoms with E-state index in [0.717, 1.165) is 12.0 Å². The monoisotopic (exact) mass is 294 g/mol. The van der Waals surface area contributed by atoms with Gasteiger partial charge in [-0.05, 0) is 13.8 Å². The second-order valence-electron chi connectivity index (χ2n) is 5.57. The number of nitrogens with zero attached hydrogens (tertiary/aromatic N) is 2. The normalized spacial score (nSPS) is 11.8. The van der Waals surface area contributed by atoms with Crippen molar-refractivity contribution in [2.24, 2.45) is 0 Å². The summed E-state index contributed by atoms with van der Waals surface area (Å²) in [7, 11) is 0. The highest BCUT2D eigenvalue weighted by Gasteiger charge is 2.27. The second kappa shape index (κ2) is 5.01. The van der Waals surface area contributed by atoms with Crippen molar-refractivity contribution >= 4 is 28.6 Å². The molecule has 0 N–H and O–H groups in total. The smallest absolute Gasteiger partial charge is 0.350 e. The van der Waals surface area contributed by atoms with Crippen molar-refractivity contribution in [1.29, 1.82) is 0 Å². The SMILES string of the molecule is CCOC(=O)c1sc2nc(C(C)(C)C)c(C=O)n2c1C. The maximum atomic E-state index is 11.9. The van der Waals surface area contributed by atoms with Gasteiger partial charge in [0, 0.05) is 11.1 Å². The molecule has 0 aromatic carbocycles. The van der Waals surface area contributed by atoms with Crippen molar-refractivity contribution in [2.45, 2.75) is 40.0 Å². The van der Waals surface area contributed by atoms with Gasteiger partial charge < -0.3 is 4.74 Å². The molecule has 5 nitrogen and oxygen atoms in total. The lowest BCUT2D eigenvalue weighted by Crippen LogP contribution is -2.15. The van der Waals surface area contributed by atoms with E-state index in [2.05, 4.69) is 4.98 Å². The summed E-state index contributed by atoms with van der Waals surface area (Å²) < 4.78 is 6.76. The lowest BCUT2D eigenvalue weighted by Gasteiger charge is -2.15. The summed E-state index contributed by atoms with van der Waals surface area (Å²) in [6.45, 7) is 9.92. The molecule has 0 bridgehead atoms. The van der Waals surface area contributed by atoms with Gasteiger partial charge in [0.25, 0.3) is 0 Å². The highest BCUT2D eigenvalue weighted by atomic mass is 32.1. The highest BCUT2D eigenvalue weighted by molar-refractivity contribution is 7.19. The van der Waals surface area contributed by atoms with Gasteiger partial charge in [-0.2, -0.15) is 0 Å². The number of aryl methyl sites for hydroxylation is 1. The fraction of sp³-hybridized carbons (Fsp3) is 0.500. The molecule has 0 spiro atoms. The van der Waals surface area contributed by atoms with Crippen LogP contribution in [0.5, 0.6) is 0 Å². The molecule has 2 heterocycles. The van der Waals surface area contributed by atoms with Gasteiger partial charge in [-0.3, -0.25) is 9.20 Å². The number of aromatic nitrogens is 2. The molecule has 0 fully saturated rings. The van der Waals surface area contributed by atoms with Gasteiger partial charge in [0.2, 0.25) is 0 Å². The number of ether oxygens (including phenoxy) is 1. The van der Waals surface area contributed by atoms with Gasteiger partial charge >= 0.3 is 5.97 Å². The van der Waals surface area contributed by atoms with Crippen molar-refractivity contribution in [2.75, 3.05) is 6.61 Å². The fourth-order valence-corrected chi connectivity index (χ4v) is 3.14. The lowest BCUT2D eigenvalue weighted by molar-refractivity contribution is 0.0530. The molecule has 2 aromatic rings. The molecule has 2 rings (SSSR count). The van der Waals surface area contributed by atoms with E-state index >= 15 is 0 Å². The zero-order chi connectivity index (χ0) is 15.1. The van der Waals surface area contributed by atoms with Crippen LogP contribution in [-0.2, 0) is 10.2 Å². The Balaban J connectivity index is 2.67. The number of hydrogen-bond donors (Lipinski definition) is 0. The number of esters is 1. The van der Waals surface area contributed by atoms with Crippen molar-refractivity contribution in [3.05, 3.63) is 22.0 Å². The summed E-state index contributed by atoms with van der Waals surface area (Å²) in [6.07, 6.45) is 0.801. The molecule has 0 aliphatic carbocycles. The summed E-state index contributed by atoms with van der Waals surface area (Å²) >= 11 is 1.26. The molecule has 2 aromatic heterocycles. The first-order valence-corrected chi connectivity index (χ1v) is 7.27. The van der Waals surface area contributed by atoms with Gasteiger partial charge in [-0.1, -0.05) is 32.1 Å². The third-order valence-corrected chi connectivity index (χ3v) is 4.15. The lowest BCUT2D eigenvalue weighted by atomic mass is 9.91. The largest absolute Gasteiger partial charge is 0.462 e. The van der Waals surface area contributed by atoms with Gasteiger partial charge in [-0.25, -0.2) is 9.78 Å². The Labute approximate surface area is 121 Å². The van der Waals surface area contributed by atoms with Crippen molar-refractivity contribution < 1.29 is 14.3 Å². The van der Waals surface area contributed by atoms with Crippen LogP contribution in [0.15, 0.2) is 0 Å². The maximum absolute atomic E-state index is 11.9. The van der Waals surface area contributed by atoms with Crippen LogP contribution >= 0.6 is 11.3 Å². The zero-order valence-electron chi connectivity index (χ0n) is 12.3. The number of aldehydes is 1. The van der Waals surface area contributed by atoms with E-state index in [0.29, 0.717) is 27.8 Å². The van der Waals surface area contributed by atoms with Crippen LogP contribution in [0.2, 0.25) is 0 Å². The third-order valence-electron chi connectivity index (χ3n) is 3.02. The van der Waals surface area contributed by atoms with Crippen LogP contribution in [0.3, 0.4) is 0 Å². The van der Waals surface area contributed by atoms with E-state index < -0.39 is 0 Å². The van der Waals surface area contributed by atoms with Crippen molar-refractivity contribution in [3.63, 3.8) is 0 Å². The molecule has 20 heavy (non-hydrogen) atoms. The number of thiazole rings is 1. The maximum Gasteiger partial charge on any atom is 0.350 e. The topological polar surface area (TPSA) is 60.7 Å². The number of imidazole rings is 1. The predicted molar refractivity (Wildman–Crippen MR) is 77.9 cm³/mol. The summed E-state index contributed by atoms with van der Waals surface area (Å²) in [6, 6.07) is 0. The van der Waals surface area contributed by atoms with Crippen LogP contribution < -0.4 is 0 Å². The Bertz CT molecular complexity index is 677. The number of carbonyl (C=O) groups is 2. The van der Waals surface area contributed by atoms with Gasteiger partial charge in [0.15, 0.2) is 11.2 Å². The van der Waals surface area contributed by atoms with E-state index in [-0.39, 0.29) is 11.4 Å². The molecule has 0 saturated heterocycles. The van der Waals surface area contributed by atoms with Crippen LogP contribution in [0.4, 0.5) is 0 Å². The molecular weight excluding hydrogens is 276 g/mol. The molecule has 0 radical (unpaired) electrons. The fourth-order valence-electron chi connectivity index (χ4n) is 2.12. The van der Waals surface area contributed by atoms with Crippen LogP contribution in [0, 0.1) is 6.92 Å². The average molecular weight is 294 g/mol. The highest BCUT2D eigenvalue weighted by Crippen LogP contribution is 2.31. The van der Waals surface area contributed by atoms with Crippen LogP contribution in [0.1, 0.15) is 59.2 Å². The summed E-state index contributed by atoms with van der Waals surface area (Å²) in [5, 5.41) is 0. The Morgan fingerprint density at radius 1 is 1.45 bits per heavy atom. The standard InChI is InChI=1S/C14H18N2O3S/c1-6-19-12(18)10-8(2)16-9(7-17)11(14(3,4)5)15-13(16)20-10/h7H,6H2,1-5H3. The van der Waals surface area contributed by atoms with E-state index in [1.807, 2.05) is 20.8 Å². The molecule has 6 heteroatoms. The van der Waals surface area contributed by atoms with Crippen LogP contribution in [0.25, 0.3) is 4.96 Å². The van der Waals surface area contributed by atoms with Crippen molar-refractivity contribution in [3.8, 4) is 0 Å². The molecule has 0 saturated carbocycles. The summed E-state index contributed by atoms with van der Waals surface area (Å²) in [5.41, 5.74) is 1.74. The number of hydrogen-bond acceptors (Lipinski definition) is 5. The minimum absolute atomic E-state index is 0.224. The van der Waals surface area contributed by atoms with Crippen LogP contribution in [-0.4, -0.2) is 28.2 Å². The van der Waals surface area contributed by atoms with E-state index in [4.69, 9.17) is 4.74 Å². The third kappa shape index (κ3) is 2.24. The predicted octanol–water partition coefficient (Wildman–Crippen LogP) is 2.99. The first kappa shape index (κ1) is 14.7. The first-order valence-electron chi connectivity index (χ1n) is 6.45. The minimum atomic E-state index is -0.366. The quantitative estimate of drug-likeness (QED) is 0.645. The second-order valence-corrected chi connectivity index (χ2v) is 6.55. The minimum Gasteiger partial charge on any atom is -0.462 e. The molecule has 0 aliphatic heterocycles. The molecule has 0 aliphatic rings. The summed E-state index contributed by atoms with van der Waals surface area (Å²) in [5.74, 6) is -0.366. The molecule has 0 amide bonds. The molecule has 108 valence electrons. The zero-order valence-corrected chi connectivity index (χ0v) is 13.1. The Morgan fingerprint density at radius 3 is 2.60 bits per heavy atom. The van der Waals surface area contributed by atoms with Gasteiger partial charge in [0.1, 0.15) is 10.6 Å². The van der Waals surface area contributed by atoms with E-state index in [1.165, 1.54) is 11.3 Å². The van der Waals surface area contributed by atoms with Gasteiger partial charge in [-0.15, -0.1) is 0 Å². The van der Waals surface area contributed by atoms with Gasteiger partial charge in [0.05, 0.1) is 12.3 Å². The Hall–Kier alpha value is -1.69. The first-order chi connectivity index (χ1) is 9.31.